The minimum atomic E-state index is -3.68. The zero-order valence-corrected chi connectivity index (χ0v) is 12.5. The zero-order valence-electron chi connectivity index (χ0n) is 11.7. The van der Waals surface area contributed by atoms with Crippen LogP contribution in [0.15, 0.2) is 24.3 Å². The molecule has 21 heavy (non-hydrogen) atoms. The maximum absolute atomic E-state index is 12.0. The van der Waals surface area contributed by atoms with Gasteiger partial charge in [-0.2, -0.15) is 0 Å². The molecule has 116 valence electrons. The number of rotatable bonds is 7. The van der Waals surface area contributed by atoms with Crippen molar-refractivity contribution in [2.75, 3.05) is 12.9 Å². The van der Waals surface area contributed by atoms with E-state index < -0.39 is 33.5 Å². The van der Waals surface area contributed by atoms with Crippen LogP contribution in [0.2, 0.25) is 0 Å². The van der Waals surface area contributed by atoms with E-state index in [4.69, 9.17) is 9.84 Å². The van der Waals surface area contributed by atoms with Crippen molar-refractivity contribution in [2.24, 2.45) is 0 Å². The summed E-state index contributed by atoms with van der Waals surface area (Å²) >= 11 is 0. The quantitative estimate of drug-likeness (QED) is 0.744. The number of hydrogen-bond donors (Lipinski definition) is 2. The molecule has 1 atom stereocenters. The first-order valence-corrected chi connectivity index (χ1v) is 7.89. The molecular formula is C13H17NO6S. The standard InChI is InChI=1S/C13H17NO6S/c1-9(15)14-12(13(16)17)8-21(18,19)7-10-3-5-11(20-2)6-4-10/h3-6,12H,7-8H2,1-2H3,(H,14,15)(H,16,17)/t12-/m0/s1. The molecule has 1 amide bonds. The Morgan fingerprint density at radius 2 is 1.86 bits per heavy atom. The Bertz CT molecular complexity index is 608. The molecule has 1 aromatic carbocycles. The monoisotopic (exact) mass is 315 g/mol. The number of benzene rings is 1. The molecule has 0 unspecified atom stereocenters. The Morgan fingerprint density at radius 3 is 2.29 bits per heavy atom. The van der Waals surface area contributed by atoms with E-state index in [1.807, 2.05) is 0 Å². The van der Waals surface area contributed by atoms with E-state index in [2.05, 4.69) is 5.32 Å². The fraction of sp³-hybridized carbons (Fsp3) is 0.385. The molecule has 0 bridgehead atoms. The predicted octanol–water partition coefficient (Wildman–Crippen LogP) is 0.199. The number of carboxylic acids is 1. The largest absolute Gasteiger partial charge is 0.497 e. The maximum Gasteiger partial charge on any atom is 0.327 e. The molecule has 2 N–H and O–H groups in total. The first-order valence-electron chi connectivity index (χ1n) is 6.07. The molecular weight excluding hydrogens is 298 g/mol. The van der Waals surface area contributed by atoms with Gasteiger partial charge < -0.3 is 15.2 Å². The lowest BCUT2D eigenvalue weighted by Gasteiger charge is -2.13. The number of methoxy groups -OCH3 is 1. The van der Waals surface area contributed by atoms with Gasteiger partial charge in [-0.15, -0.1) is 0 Å². The van der Waals surface area contributed by atoms with Crippen molar-refractivity contribution in [1.82, 2.24) is 5.32 Å². The van der Waals surface area contributed by atoms with E-state index in [9.17, 15) is 18.0 Å². The highest BCUT2D eigenvalue weighted by Crippen LogP contribution is 2.14. The summed E-state index contributed by atoms with van der Waals surface area (Å²) in [6, 6.07) is 4.96. The summed E-state index contributed by atoms with van der Waals surface area (Å²) in [5.41, 5.74) is 0.516. The molecule has 8 heteroatoms. The maximum atomic E-state index is 12.0. The highest BCUT2D eigenvalue weighted by molar-refractivity contribution is 7.90. The number of sulfone groups is 1. The van der Waals surface area contributed by atoms with Gasteiger partial charge in [0, 0.05) is 6.92 Å². The molecule has 7 nitrogen and oxygen atoms in total. The Kier molecular flexibility index (Phi) is 5.71. The molecule has 0 aliphatic heterocycles. The van der Waals surface area contributed by atoms with Gasteiger partial charge in [-0.05, 0) is 17.7 Å². The van der Waals surface area contributed by atoms with E-state index in [0.29, 0.717) is 11.3 Å². The summed E-state index contributed by atoms with van der Waals surface area (Å²) in [7, 11) is -2.18. The zero-order chi connectivity index (χ0) is 16.0. The highest BCUT2D eigenvalue weighted by atomic mass is 32.2. The fourth-order valence-electron chi connectivity index (χ4n) is 1.71. The minimum absolute atomic E-state index is 0.305. The van der Waals surface area contributed by atoms with E-state index in [1.54, 1.807) is 24.3 Å². The Labute approximate surface area is 122 Å². The van der Waals surface area contributed by atoms with Crippen LogP contribution < -0.4 is 10.1 Å². The van der Waals surface area contributed by atoms with Gasteiger partial charge in [0.05, 0.1) is 18.6 Å². The Morgan fingerprint density at radius 1 is 1.29 bits per heavy atom. The van der Waals surface area contributed by atoms with E-state index in [1.165, 1.54) is 7.11 Å². The van der Waals surface area contributed by atoms with Crippen LogP contribution in [0.25, 0.3) is 0 Å². The van der Waals surface area contributed by atoms with Crippen LogP contribution in [-0.4, -0.2) is 44.3 Å². The second-order valence-electron chi connectivity index (χ2n) is 4.49. The SMILES string of the molecule is COc1ccc(CS(=O)(=O)C[C@H](NC(C)=O)C(=O)O)cc1. The number of carbonyl (C=O) groups excluding carboxylic acids is 1. The minimum Gasteiger partial charge on any atom is -0.497 e. The van der Waals surface area contributed by atoms with Gasteiger partial charge >= 0.3 is 5.97 Å². The summed E-state index contributed by atoms with van der Waals surface area (Å²) in [6.45, 7) is 1.13. The van der Waals surface area contributed by atoms with Crippen molar-refractivity contribution in [3.8, 4) is 5.75 Å². The third-order valence-corrected chi connectivity index (χ3v) is 4.26. The number of aliphatic carboxylic acids is 1. The number of carbonyl (C=O) groups is 2. The molecule has 1 rings (SSSR count). The number of nitrogens with one attached hydrogen (secondary N) is 1. The van der Waals surface area contributed by atoms with E-state index >= 15 is 0 Å². The smallest absolute Gasteiger partial charge is 0.327 e. The average molecular weight is 315 g/mol. The van der Waals surface area contributed by atoms with Gasteiger partial charge in [0.2, 0.25) is 5.91 Å². The summed E-state index contributed by atoms with van der Waals surface area (Å²) in [6.07, 6.45) is 0. The van der Waals surface area contributed by atoms with E-state index in [0.717, 1.165) is 6.92 Å². The van der Waals surface area contributed by atoms with Gasteiger partial charge in [0.1, 0.15) is 11.8 Å². The fourth-order valence-corrected chi connectivity index (χ4v) is 3.26. The average Bonchev–Trinajstić information content (AvgIpc) is 2.37. The molecule has 0 aliphatic carbocycles. The summed E-state index contributed by atoms with van der Waals surface area (Å²) in [5, 5.41) is 11.0. The first kappa shape index (κ1) is 17.0. The lowest BCUT2D eigenvalue weighted by Crippen LogP contribution is -2.44. The van der Waals surface area contributed by atoms with Gasteiger partial charge in [0.25, 0.3) is 0 Å². The molecule has 0 heterocycles. The summed E-state index contributed by atoms with van der Waals surface area (Å²) in [4.78, 5) is 21.8. The molecule has 0 radical (unpaired) electrons. The third kappa shape index (κ3) is 5.82. The number of hydrogen-bond acceptors (Lipinski definition) is 5. The van der Waals surface area contributed by atoms with Crippen molar-refractivity contribution >= 4 is 21.7 Å². The van der Waals surface area contributed by atoms with Crippen molar-refractivity contribution in [1.29, 1.82) is 0 Å². The summed E-state index contributed by atoms with van der Waals surface area (Å²) < 4.78 is 29.0. The van der Waals surface area contributed by atoms with Crippen LogP contribution in [0.1, 0.15) is 12.5 Å². The van der Waals surface area contributed by atoms with Crippen molar-refractivity contribution < 1.29 is 27.9 Å². The second kappa shape index (κ2) is 7.07. The highest BCUT2D eigenvalue weighted by Gasteiger charge is 2.26. The molecule has 1 aromatic rings. The normalized spacial score (nSPS) is 12.5. The first-order chi connectivity index (χ1) is 9.73. The lowest BCUT2D eigenvalue weighted by molar-refractivity contribution is -0.140. The van der Waals surface area contributed by atoms with Crippen molar-refractivity contribution in [3.05, 3.63) is 29.8 Å². The van der Waals surface area contributed by atoms with E-state index in [-0.39, 0.29) is 5.75 Å². The van der Waals surface area contributed by atoms with Crippen LogP contribution in [-0.2, 0) is 25.2 Å². The van der Waals surface area contributed by atoms with Crippen molar-refractivity contribution in [3.63, 3.8) is 0 Å². The van der Waals surface area contributed by atoms with Crippen LogP contribution in [0.5, 0.6) is 5.75 Å². The second-order valence-corrected chi connectivity index (χ2v) is 6.60. The summed E-state index contributed by atoms with van der Waals surface area (Å²) in [5.74, 6) is -2.35. The number of ether oxygens (including phenoxy) is 1. The Balaban J connectivity index is 2.79. The Hall–Kier alpha value is -2.09. The topological polar surface area (TPSA) is 110 Å². The number of amides is 1. The van der Waals surface area contributed by atoms with Gasteiger partial charge in [-0.3, -0.25) is 4.79 Å². The molecule has 0 fully saturated rings. The van der Waals surface area contributed by atoms with Crippen LogP contribution >= 0.6 is 0 Å². The van der Waals surface area contributed by atoms with Gasteiger partial charge in [0.15, 0.2) is 9.84 Å². The van der Waals surface area contributed by atoms with Crippen LogP contribution in [0.4, 0.5) is 0 Å². The molecule has 0 aliphatic rings. The van der Waals surface area contributed by atoms with Crippen LogP contribution in [0, 0.1) is 0 Å². The van der Waals surface area contributed by atoms with Gasteiger partial charge in [-0.1, -0.05) is 12.1 Å². The van der Waals surface area contributed by atoms with Gasteiger partial charge in [-0.25, -0.2) is 13.2 Å². The number of carboxylic acid groups (broad SMARTS) is 1. The lowest BCUT2D eigenvalue weighted by atomic mass is 10.2. The molecule has 0 aromatic heterocycles. The molecule has 0 spiro atoms. The molecule has 0 saturated carbocycles. The van der Waals surface area contributed by atoms with Crippen LogP contribution in [0.3, 0.4) is 0 Å². The van der Waals surface area contributed by atoms with Crippen molar-refractivity contribution in [2.45, 2.75) is 18.7 Å². The third-order valence-electron chi connectivity index (χ3n) is 2.64. The molecule has 0 saturated heterocycles. The predicted molar refractivity (Wildman–Crippen MR) is 75.7 cm³/mol.